The molecule has 0 amide bonds. The first-order valence-electron chi connectivity index (χ1n) is 28.8. The number of allylic oxidation sites excluding steroid dienone is 1. The summed E-state index contributed by atoms with van der Waals surface area (Å²) in [6.07, 6.45) is 11.6. The van der Waals surface area contributed by atoms with E-state index >= 15 is 0 Å². The van der Waals surface area contributed by atoms with Crippen LogP contribution in [0.2, 0.25) is 0 Å². The quantitative estimate of drug-likeness (QED) is 0.101. The van der Waals surface area contributed by atoms with Crippen LogP contribution >= 0.6 is 34.0 Å². The fraction of sp³-hybridized carbons (Fsp3) is 0.0137. The van der Waals surface area contributed by atoms with Gasteiger partial charge in [-0.3, -0.25) is 13.2 Å². The van der Waals surface area contributed by atoms with E-state index in [0.29, 0.717) is 0 Å². The first kappa shape index (κ1) is 50.6. The molecule has 0 unspecified atom stereocenters. The first-order valence-corrected chi connectivity index (χ1v) is 35.4. The Labute approximate surface area is 508 Å². The molecule has 1 aliphatic heterocycles. The van der Waals surface area contributed by atoms with Gasteiger partial charge in [0.1, 0.15) is 5.82 Å². The third-order valence-electron chi connectivity index (χ3n) is 17.4. The number of hydrogen-bond acceptors (Lipinski definition) is 7. The summed E-state index contributed by atoms with van der Waals surface area (Å²) >= 11 is 5.02. The largest absolute Gasteiger partial charge is 0.303 e. The summed E-state index contributed by atoms with van der Waals surface area (Å²) in [4.78, 5) is 22.5. The molecule has 13 heteroatoms. The highest BCUT2D eigenvalue weighted by atomic mass is 32.1. The Morgan fingerprint density at radius 3 is 1.08 bits per heavy atom. The van der Waals surface area contributed by atoms with Crippen molar-refractivity contribution in [2.75, 3.05) is 0 Å². The van der Waals surface area contributed by atoms with E-state index in [4.69, 9.17) is 19.9 Å². The zero-order chi connectivity index (χ0) is 56.8. The van der Waals surface area contributed by atoms with Gasteiger partial charge >= 0.3 is 0 Å². The van der Waals surface area contributed by atoms with Gasteiger partial charge in [-0.05, 0) is 112 Å². The zero-order valence-electron chi connectivity index (χ0n) is 46.2. The van der Waals surface area contributed by atoms with Crippen molar-refractivity contribution < 1.29 is 0 Å². The van der Waals surface area contributed by atoms with E-state index in [1.807, 2.05) is 0 Å². The Bertz CT molecular complexity index is 5230. The Kier molecular flexibility index (Phi) is 12.0. The highest BCUT2D eigenvalue weighted by molar-refractivity contribution is 7.21. The van der Waals surface area contributed by atoms with Crippen LogP contribution in [0.4, 0.5) is 0 Å². The molecule has 408 valence electrons. The lowest BCUT2D eigenvalue weighted by molar-refractivity contribution is 1.04. The van der Waals surface area contributed by atoms with Crippen molar-refractivity contribution >= 4 is 157 Å². The number of fused-ring (bicyclic) bond motifs is 12. The molecule has 0 radical (unpaired) electrons. The Balaban J connectivity index is 0.000000140. The van der Waals surface area contributed by atoms with Crippen LogP contribution in [-0.4, -0.2) is 53.9 Å². The van der Waals surface area contributed by atoms with E-state index in [1.165, 1.54) is 63.7 Å². The molecule has 0 bridgehead atoms. The number of thiazole rings is 3. The number of aromatic nitrogens is 8. The van der Waals surface area contributed by atoms with Crippen LogP contribution in [0.25, 0.3) is 87.5 Å². The summed E-state index contributed by atoms with van der Waals surface area (Å²) in [6.45, 7) is 0. The second-order valence-corrected chi connectivity index (χ2v) is 32.2. The van der Waals surface area contributed by atoms with Gasteiger partial charge in [-0.2, -0.15) is 0 Å². The Morgan fingerprint density at radius 2 is 0.651 bits per heavy atom. The smallest absolute Gasteiger partial charge is 0.194 e. The number of benzene rings is 10. The third kappa shape index (κ3) is 8.04. The van der Waals surface area contributed by atoms with Gasteiger partial charge in [-0.25, -0.2) is 19.9 Å². The molecule has 18 rings (SSSR count). The van der Waals surface area contributed by atoms with Gasteiger partial charge in [0.15, 0.2) is 31.0 Å². The summed E-state index contributed by atoms with van der Waals surface area (Å²) in [5.41, 5.74) is 13.5. The van der Waals surface area contributed by atoms with Gasteiger partial charge in [-0.15, -0.1) is 34.0 Å². The van der Waals surface area contributed by atoms with Gasteiger partial charge in [0.05, 0.1) is 44.1 Å². The summed E-state index contributed by atoms with van der Waals surface area (Å²) in [7, 11) is -5.49. The van der Waals surface area contributed by atoms with Crippen molar-refractivity contribution in [3.8, 4) is 22.3 Å². The van der Waals surface area contributed by atoms with Gasteiger partial charge in [0.2, 0.25) is 0 Å². The van der Waals surface area contributed by atoms with Crippen LogP contribution in [0.15, 0.2) is 283 Å². The predicted octanol–water partition coefficient (Wildman–Crippen LogP) is 12.4. The minimum Gasteiger partial charge on any atom is -0.303 e. The zero-order valence-corrected chi connectivity index (χ0v) is 50.7. The lowest BCUT2D eigenvalue weighted by atomic mass is 10.1. The Morgan fingerprint density at radius 1 is 0.302 bits per heavy atom. The molecule has 17 aromatic rings. The molecule has 0 saturated carbocycles. The van der Waals surface area contributed by atoms with Crippen molar-refractivity contribution in [2.45, 2.75) is 6.42 Å². The third-order valence-corrected chi connectivity index (χ3v) is 29.2. The molecule has 7 aromatic heterocycles. The van der Waals surface area contributed by atoms with E-state index in [1.54, 1.807) is 34.0 Å². The van der Waals surface area contributed by atoms with Gasteiger partial charge in [-0.1, -0.05) is 200 Å². The monoisotopic (exact) mass is 1190 g/mol. The number of hydrogen-bond donors (Lipinski definition) is 0. The molecule has 0 atom stereocenters. The van der Waals surface area contributed by atoms with Crippen LogP contribution in [-0.2, 0) is 6.42 Å². The average molecular weight is 1190 g/mol. The molecule has 8 heterocycles. The summed E-state index contributed by atoms with van der Waals surface area (Å²) < 4.78 is 8.85. The second kappa shape index (κ2) is 20.4. The standard InChI is InChI=1S/C43H30N4SSi.C30H20N4S2Si/c1-3-12-34(13-4-1)49(35-14-5-2-6-15-35,36-16-7-10-30(26-36)32-19-21-38-40(28-32)46-23-9-18-42(46)44-38)37-17-8-11-31(27-37)33-20-22-39-41(29-33)47-24-25-48-43(47)45-39;1-3-7-21(8-4-1)37(22-9-5-2-6-10-22,23-11-13-25-27(19-23)33-15-17-35-29(33)31-25)24-12-14-26-28(20-24)34-16-18-36-30(34)32-26/h1-17,19-29H,18H2;1-20H. The van der Waals surface area contributed by atoms with E-state index in [2.05, 4.69) is 307 Å². The molecule has 0 fully saturated rings. The lowest BCUT2D eigenvalue weighted by Crippen LogP contribution is -2.74. The molecule has 0 spiro atoms. The molecule has 10 aromatic carbocycles. The minimum atomic E-state index is -2.80. The molecular weight excluding hydrogens is 1140 g/mol. The van der Waals surface area contributed by atoms with Crippen LogP contribution in [0.3, 0.4) is 0 Å². The maximum atomic E-state index is 4.87. The van der Waals surface area contributed by atoms with Crippen LogP contribution in [0, 0.1) is 0 Å². The highest BCUT2D eigenvalue weighted by Crippen LogP contribution is 2.31. The highest BCUT2D eigenvalue weighted by Gasteiger charge is 2.43. The topological polar surface area (TPSA) is 69.7 Å². The van der Waals surface area contributed by atoms with Gasteiger partial charge < -0.3 is 4.57 Å². The minimum absolute atomic E-state index is 0.884. The first-order chi connectivity index (χ1) is 42.6. The van der Waals surface area contributed by atoms with E-state index in [-0.39, 0.29) is 0 Å². The fourth-order valence-electron chi connectivity index (χ4n) is 13.5. The van der Waals surface area contributed by atoms with Gasteiger partial charge in [0.25, 0.3) is 0 Å². The molecular formula is C73H50N8S3Si2. The van der Waals surface area contributed by atoms with E-state index < -0.39 is 16.1 Å². The van der Waals surface area contributed by atoms with Crippen molar-refractivity contribution in [1.82, 2.24) is 37.7 Å². The van der Waals surface area contributed by atoms with Crippen molar-refractivity contribution in [3.63, 3.8) is 0 Å². The number of rotatable bonds is 10. The Hall–Kier alpha value is -9.87. The second-order valence-electron chi connectivity index (χ2n) is 21.9. The SMILES string of the molecule is C1=Cn2c(nc3ccc(-c4cccc([Si](c5ccccc5)(c5ccccc5)c5cccc(-c6ccc7nc8sccn8c7c6)c5)c4)cc32)C1.c1ccc([Si](c2ccccc2)(c2ccc3nc4sccn4c3c2)c2ccc3nc4sccn4c3c2)cc1. The maximum Gasteiger partial charge on any atom is 0.194 e. The fourth-order valence-corrected chi connectivity index (χ4v) is 25.3. The summed E-state index contributed by atoms with van der Waals surface area (Å²) in [6, 6.07) is 90.2. The number of imidazole rings is 4. The molecule has 0 saturated heterocycles. The van der Waals surface area contributed by atoms with E-state index in [0.717, 1.165) is 71.3 Å². The maximum absolute atomic E-state index is 4.87. The van der Waals surface area contributed by atoms with Crippen molar-refractivity contribution in [2.24, 2.45) is 0 Å². The van der Waals surface area contributed by atoms with Crippen LogP contribution in [0.1, 0.15) is 5.82 Å². The van der Waals surface area contributed by atoms with Gasteiger partial charge in [0, 0.05) is 47.4 Å². The number of nitrogens with zero attached hydrogens (tertiary/aromatic N) is 8. The molecule has 0 N–H and O–H groups in total. The lowest BCUT2D eigenvalue weighted by Gasteiger charge is -2.35. The molecule has 1 aliphatic rings. The normalized spacial score (nSPS) is 12.6. The van der Waals surface area contributed by atoms with Crippen LogP contribution < -0.4 is 41.5 Å². The van der Waals surface area contributed by atoms with Crippen molar-refractivity contribution in [1.29, 1.82) is 0 Å². The average Bonchev–Trinajstić information content (AvgIpc) is 0.968. The summed E-state index contributed by atoms with van der Waals surface area (Å²) in [5.74, 6) is 1.10. The van der Waals surface area contributed by atoms with E-state index in [9.17, 15) is 0 Å². The molecule has 86 heavy (non-hydrogen) atoms. The predicted molar refractivity (Wildman–Crippen MR) is 366 cm³/mol. The van der Waals surface area contributed by atoms with Crippen LogP contribution in [0.5, 0.6) is 0 Å². The molecule has 8 nitrogen and oxygen atoms in total. The summed E-state index contributed by atoms with van der Waals surface area (Å²) in [5, 5.41) is 17.1. The molecule has 0 aliphatic carbocycles. The van der Waals surface area contributed by atoms with Crippen molar-refractivity contribution in [3.05, 3.63) is 289 Å².